The third-order valence-electron chi connectivity index (χ3n) is 3.60. The monoisotopic (exact) mass is 309 g/mol. The molecule has 0 aliphatic carbocycles. The molecule has 23 heavy (non-hydrogen) atoms. The lowest BCUT2D eigenvalue weighted by Gasteiger charge is -2.09. The molecule has 3 rings (SSSR count). The lowest BCUT2D eigenvalue weighted by molar-refractivity contribution is 0.0982. The van der Waals surface area contributed by atoms with Gasteiger partial charge in [0.1, 0.15) is 0 Å². The fourth-order valence-corrected chi connectivity index (χ4v) is 2.47. The van der Waals surface area contributed by atoms with E-state index in [4.69, 9.17) is 6.85 Å². The summed E-state index contributed by atoms with van der Waals surface area (Å²) in [5.41, 5.74) is 1.20. The van der Waals surface area contributed by atoms with Gasteiger partial charge in [0.2, 0.25) is 0 Å². The van der Waals surface area contributed by atoms with Gasteiger partial charge >= 0.3 is 0 Å². The number of ketones is 1. The number of para-hydroxylation sites is 1. The van der Waals surface area contributed by atoms with Crippen LogP contribution in [-0.4, -0.2) is 24.4 Å². The molecule has 1 heterocycles. The van der Waals surface area contributed by atoms with Crippen molar-refractivity contribution in [2.24, 2.45) is 0 Å². The number of nitrogens with one attached hydrogen (secondary N) is 1. The van der Waals surface area contributed by atoms with Crippen LogP contribution in [0.2, 0.25) is 0 Å². The molecule has 2 aromatic carbocycles. The van der Waals surface area contributed by atoms with E-state index >= 15 is 0 Å². The van der Waals surface area contributed by atoms with Crippen molar-refractivity contribution in [1.82, 2.24) is 10.3 Å². The van der Waals surface area contributed by atoms with Gasteiger partial charge in [-0.1, -0.05) is 48.4 Å². The summed E-state index contributed by atoms with van der Waals surface area (Å²) in [5.74, 6) is -0.0672. The number of benzene rings is 2. The number of Topliss-reactive ketones (excluding diaryl/α,β-unsaturated/α-hetero) is 1. The number of pyridine rings is 1. The highest BCUT2D eigenvalue weighted by molar-refractivity contribution is 6.08. The van der Waals surface area contributed by atoms with Crippen LogP contribution in [0, 0.1) is 0 Å². The summed E-state index contributed by atoms with van der Waals surface area (Å²) in [5, 5.41) is 3.70. The van der Waals surface area contributed by atoms with E-state index in [-0.39, 0.29) is 29.1 Å². The molecule has 3 heteroatoms. The van der Waals surface area contributed by atoms with Crippen LogP contribution in [0.25, 0.3) is 22.2 Å². The van der Waals surface area contributed by atoms with E-state index in [1.165, 1.54) is 6.07 Å². The number of fused-ring (bicyclic) bond motifs is 1. The second-order valence-electron chi connectivity index (χ2n) is 5.20. The molecule has 0 radical (unpaired) electrons. The van der Waals surface area contributed by atoms with Crippen molar-refractivity contribution in [3.8, 4) is 11.3 Å². The van der Waals surface area contributed by atoms with Gasteiger partial charge in [-0.25, -0.2) is 4.98 Å². The zero-order valence-corrected chi connectivity index (χ0v) is 12.9. The van der Waals surface area contributed by atoms with E-state index < -0.39 is 18.1 Å². The molecule has 0 atom stereocenters. The zero-order valence-electron chi connectivity index (χ0n) is 17.9. The van der Waals surface area contributed by atoms with Crippen molar-refractivity contribution in [3.05, 3.63) is 66.1 Å². The van der Waals surface area contributed by atoms with Gasteiger partial charge in [-0.15, -0.1) is 0 Å². The summed E-state index contributed by atoms with van der Waals surface area (Å²) in [7, 11) is 1.82. The molecule has 116 valence electrons. The van der Waals surface area contributed by atoms with Gasteiger partial charge in [-0.3, -0.25) is 4.79 Å². The lowest BCUT2D eigenvalue weighted by Crippen LogP contribution is -2.10. The minimum Gasteiger partial charge on any atom is -0.320 e. The summed E-state index contributed by atoms with van der Waals surface area (Å²) in [4.78, 5) is 17.3. The highest BCUT2D eigenvalue weighted by Gasteiger charge is 2.13. The smallest absolute Gasteiger partial charge is 0.163 e. The van der Waals surface area contributed by atoms with E-state index in [0.717, 1.165) is 0 Å². The molecular formula is C20H20N2O. The van der Waals surface area contributed by atoms with Gasteiger partial charge in [-0.05, 0) is 32.1 Å². The Bertz CT molecular complexity index is 1040. The van der Waals surface area contributed by atoms with Crippen molar-refractivity contribution in [2.75, 3.05) is 13.6 Å². The molecule has 1 N–H and O–H groups in total. The highest BCUT2D eigenvalue weighted by atomic mass is 16.1. The summed E-state index contributed by atoms with van der Waals surface area (Å²) in [6.07, 6.45) is 1.02. The Hall–Kier alpha value is -2.52. The third-order valence-corrected chi connectivity index (χ3v) is 3.60. The predicted octanol–water partition coefficient (Wildman–Crippen LogP) is 4.08. The maximum atomic E-state index is 12.8. The maximum absolute atomic E-state index is 12.8. The highest BCUT2D eigenvalue weighted by Crippen LogP contribution is 2.25. The quantitative estimate of drug-likeness (QED) is 0.551. The van der Waals surface area contributed by atoms with Crippen LogP contribution in [0.15, 0.2) is 60.5 Å². The SMILES string of the molecule is [2H]c1c([2H])c([2H])c(-c2cc(C(=O)CCCNC)c3ccccc3n2)c([2H])c1[2H]. The zero-order chi connectivity index (χ0) is 20.4. The van der Waals surface area contributed by atoms with Gasteiger partial charge in [0.15, 0.2) is 5.78 Å². The first kappa shape index (κ1) is 10.3. The van der Waals surface area contributed by atoms with Crippen molar-refractivity contribution >= 4 is 16.7 Å². The van der Waals surface area contributed by atoms with Gasteiger partial charge in [0.05, 0.1) is 18.1 Å². The van der Waals surface area contributed by atoms with E-state index in [0.29, 0.717) is 35.9 Å². The van der Waals surface area contributed by atoms with Crippen LogP contribution in [0.5, 0.6) is 0 Å². The van der Waals surface area contributed by atoms with Crippen molar-refractivity contribution in [1.29, 1.82) is 0 Å². The first-order valence-corrected chi connectivity index (χ1v) is 7.51. The number of hydrogen-bond donors (Lipinski definition) is 1. The molecule has 3 aromatic rings. The largest absolute Gasteiger partial charge is 0.320 e. The molecule has 0 saturated heterocycles. The Kier molecular flexibility index (Phi) is 3.20. The summed E-state index contributed by atoms with van der Waals surface area (Å²) < 4.78 is 39.9. The second-order valence-corrected chi connectivity index (χ2v) is 5.20. The molecule has 0 fully saturated rings. The normalized spacial score (nSPS) is 13.9. The molecule has 0 aliphatic rings. The Morgan fingerprint density at radius 1 is 1.22 bits per heavy atom. The molecule has 0 aliphatic heterocycles. The maximum Gasteiger partial charge on any atom is 0.163 e. The minimum atomic E-state index is -0.456. The van der Waals surface area contributed by atoms with Crippen LogP contribution in [0.1, 0.15) is 30.1 Å². The van der Waals surface area contributed by atoms with E-state index in [1.807, 2.05) is 13.1 Å². The average Bonchev–Trinajstić information content (AvgIpc) is 2.70. The Labute approximate surface area is 143 Å². The van der Waals surface area contributed by atoms with Crippen LogP contribution in [-0.2, 0) is 0 Å². The van der Waals surface area contributed by atoms with Crippen molar-refractivity contribution in [2.45, 2.75) is 12.8 Å². The second kappa shape index (κ2) is 7.16. The van der Waals surface area contributed by atoms with Crippen LogP contribution >= 0.6 is 0 Å². The summed E-state index contributed by atoms with van der Waals surface area (Å²) in [6.45, 7) is 0.713. The number of nitrogens with zero attached hydrogens (tertiary/aromatic N) is 1. The lowest BCUT2D eigenvalue weighted by atomic mass is 9.99. The molecular weight excluding hydrogens is 284 g/mol. The average molecular weight is 309 g/mol. The first-order valence-electron chi connectivity index (χ1n) is 10.0. The molecule has 0 spiro atoms. The van der Waals surface area contributed by atoms with Crippen molar-refractivity contribution in [3.63, 3.8) is 0 Å². The topological polar surface area (TPSA) is 42.0 Å². The molecule has 0 unspecified atom stereocenters. The van der Waals surface area contributed by atoms with Crippen molar-refractivity contribution < 1.29 is 11.6 Å². The molecule has 0 amide bonds. The Morgan fingerprint density at radius 2 is 2.00 bits per heavy atom. The number of rotatable bonds is 6. The van der Waals surface area contributed by atoms with Gasteiger partial charge < -0.3 is 5.32 Å². The molecule has 0 bridgehead atoms. The molecule has 0 saturated carbocycles. The summed E-state index contributed by atoms with van der Waals surface area (Å²) >= 11 is 0. The van der Waals surface area contributed by atoms with Crippen LogP contribution in [0.3, 0.4) is 0 Å². The van der Waals surface area contributed by atoms with Crippen LogP contribution < -0.4 is 5.32 Å². The Balaban J connectivity index is 2.23. The Morgan fingerprint density at radius 3 is 2.78 bits per heavy atom. The number of carbonyl (C=O) groups excluding carboxylic acids is 1. The van der Waals surface area contributed by atoms with E-state index in [2.05, 4.69) is 10.3 Å². The predicted molar refractivity (Wildman–Crippen MR) is 94.7 cm³/mol. The number of carbonyl (C=O) groups is 1. The van der Waals surface area contributed by atoms with Crippen LogP contribution in [0.4, 0.5) is 0 Å². The van der Waals surface area contributed by atoms with Gasteiger partial charge in [-0.2, -0.15) is 0 Å². The van der Waals surface area contributed by atoms with Gasteiger partial charge in [0.25, 0.3) is 0 Å². The fourth-order valence-electron chi connectivity index (χ4n) is 2.47. The minimum absolute atomic E-state index is 0.000952. The third kappa shape index (κ3) is 3.46. The molecule has 1 aromatic heterocycles. The number of aromatic nitrogens is 1. The van der Waals surface area contributed by atoms with E-state index in [9.17, 15) is 4.79 Å². The van der Waals surface area contributed by atoms with E-state index in [1.54, 1.807) is 18.2 Å². The van der Waals surface area contributed by atoms with Gasteiger partial charge in [0, 0.05) is 22.9 Å². The first-order chi connectivity index (χ1) is 13.4. The standard InChI is InChI=1S/C20H20N2O/c1-21-13-7-12-20(23)17-14-19(15-8-3-2-4-9-15)22-18-11-6-5-10-16(17)18/h2-6,8-11,14,21H,7,12-13H2,1H3/i2D,3D,4D,8D,9D. The fraction of sp³-hybridized carbons (Fsp3) is 0.200. The molecule has 3 nitrogen and oxygen atoms in total. The summed E-state index contributed by atoms with van der Waals surface area (Å²) in [6, 6.07) is 6.73. The number of hydrogen-bond acceptors (Lipinski definition) is 3.